The van der Waals surface area contributed by atoms with Gasteiger partial charge in [0.25, 0.3) is 5.91 Å². The van der Waals surface area contributed by atoms with Gasteiger partial charge in [0, 0.05) is 23.2 Å². The molecule has 3 aromatic carbocycles. The first kappa shape index (κ1) is 21.1. The summed E-state index contributed by atoms with van der Waals surface area (Å²) in [5.41, 5.74) is 3.87. The lowest BCUT2D eigenvalue weighted by Gasteiger charge is -2.08. The van der Waals surface area contributed by atoms with E-state index in [4.69, 9.17) is 4.74 Å². The van der Waals surface area contributed by atoms with Crippen molar-refractivity contribution < 1.29 is 14.3 Å². The molecule has 152 valence electrons. The molecule has 1 amide bonds. The normalized spacial score (nSPS) is 10.3. The number of benzene rings is 3. The lowest BCUT2D eigenvalue weighted by molar-refractivity contribution is -0.134. The fraction of sp³-hybridized carbons (Fsp3) is 0.0870. The maximum absolute atomic E-state index is 12.5. The zero-order chi connectivity index (χ0) is 20.2. The summed E-state index contributed by atoms with van der Waals surface area (Å²) in [5.74, 6) is 0.499. The van der Waals surface area contributed by atoms with Crippen molar-refractivity contribution in [2.24, 2.45) is 0 Å². The quantitative estimate of drug-likeness (QED) is 0.342. The number of imidazole rings is 1. The fourth-order valence-electron chi connectivity index (χ4n) is 2.91. The summed E-state index contributed by atoms with van der Waals surface area (Å²) in [4.78, 5) is 31.8. The van der Waals surface area contributed by atoms with Gasteiger partial charge in [-0.2, -0.15) is 0 Å². The van der Waals surface area contributed by atoms with E-state index in [0.29, 0.717) is 17.0 Å². The number of nitrogens with zero attached hydrogens (tertiary/aromatic N) is 1. The number of H-pyrrole nitrogens is 1. The predicted molar refractivity (Wildman–Crippen MR) is 119 cm³/mol. The Kier molecular flexibility index (Phi) is 6.49. The molecule has 1 heterocycles. The topological polar surface area (TPSA) is 84.1 Å². The van der Waals surface area contributed by atoms with E-state index in [1.54, 1.807) is 31.2 Å². The third kappa shape index (κ3) is 4.67. The summed E-state index contributed by atoms with van der Waals surface area (Å²) < 4.78 is 5.16. The average Bonchev–Trinajstić information content (AvgIpc) is 3.18. The number of ether oxygens (including phenoxy) is 1. The first-order valence-electron chi connectivity index (χ1n) is 9.29. The first-order chi connectivity index (χ1) is 14.1. The van der Waals surface area contributed by atoms with E-state index in [9.17, 15) is 9.59 Å². The van der Waals surface area contributed by atoms with Gasteiger partial charge in [-0.3, -0.25) is 9.59 Å². The van der Waals surface area contributed by atoms with E-state index in [2.05, 4.69) is 15.3 Å². The molecule has 2 N–H and O–H groups in total. The zero-order valence-corrected chi connectivity index (χ0v) is 17.0. The number of rotatable bonds is 5. The van der Waals surface area contributed by atoms with Crippen LogP contribution < -0.4 is 10.1 Å². The Labute approximate surface area is 179 Å². The van der Waals surface area contributed by atoms with Gasteiger partial charge in [-0.1, -0.05) is 25.1 Å². The van der Waals surface area contributed by atoms with Gasteiger partial charge in [0.05, 0.1) is 11.0 Å². The van der Waals surface area contributed by atoms with Crippen molar-refractivity contribution in [3.63, 3.8) is 0 Å². The number of aromatic amines is 1. The van der Waals surface area contributed by atoms with E-state index in [0.717, 1.165) is 22.4 Å². The molecule has 0 saturated heterocycles. The van der Waals surface area contributed by atoms with Crippen LogP contribution in [-0.4, -0.2) is 21.8 Å². The van der Waals surface area contributed by atoms with Gasteiger partial charge in [0.2, 0.25) is 0 Å². The Morgan fingerprint density at radius 3 is 2.50 bits per heavy atom. The molecule has 0 fully saturated rings. The van der Waals surface area contributed by atoms with E-state index >= 15 is 0 Å². The fourth-order valence-corrected chi connectivity index (χ4v) is 2.91. The largest absolute Gasteiger partial charge is 0.427 e. The molecule has 0 spiro atoms. The standard InChI is InChI=1S/C23H19N3O3.ClH/c1-2-21(27)29-18-7-5-6-16(14-18)23(28)24-17-12-10-15(11-13-17)22-25-19-8-3-4-9-20(19)26-22;/h3-14H,2H2,1H3,(H,24,28)(H,25,26);1H. The Morgan fingerprint density at radius 1 is 1.00 bits per heavy atom. The molecule has 0 unspecified atom stereocenters. The van der Waals surface area contributed by atoms with Crippen LogP contribution in [0.2, 0.25) is 0 Å². The number of hydrogen-bond donors (Lipinski definition) is 2. The van der Waals surface area contributed by atoms with Gasteiger partial charge in [0.1, 0.15) is 11.6 Å². The number of aromatic nitrogens is 2. The molecule has 1 aromatic heterocycles. The minimum Gasteiger partial charge on any atom is -0.427 e. The number of para-hydroxylation sites is 2. The van der Waals surface area contributed by atoms with Crippen LogP contribution in [0.1, 0.15) is 23.7 Å². The Bertz CT molecular complexity index is 1150. The molecule has 0 bridgehead atoms. The van der Waals surface area contributed by atoms with Gasteiger partial charge in [0.15, 0.2) is 0 Å². The Morgan fingerprint density at radius 2 is 1.77 bits per heavy atom. The van der Waals surface area contributed by atoms with Crippen LogP contribution in [0.15, 0.2) is 72.8 Å². The van der Waals surface area contributed by atoms with Crippen LogP contribution in [0.3, 0.4) is 0 Å². The number of carbonyl (C=O) groups is 2. The van der Waals surface area contributed by atoms with Crippen LogP contribution >= 0.6 is 12.4 Å². The van der Waals surface area contributed by atoms with E-state index in [-0.39, 0.29) is 30.7 Å². The highest BCUT2D eigenvalue weighted by molar-refractivity contribution is 6.04. The van der Waals surface area contributed by atoms with Crippen molar-refractivity contribution in [1.82, 2.24) is 9.97 Å². The molecule has 0 radical (unpaired) electrons. The van der Waals surface area contributed by atoms with E-state index in [1.165, 1.54) is 0 Å². The summed E-state index contributed by atoms with van der Waals surface area (Å²) >= 11 is 0. The number of halogens is 1. The minimum atomic E-state index is -0.344. The predicted octanol–water partition coefficient (Wildman–Crippen LogP) is 5.22. The molecule has 0 aliphatic heterocycles. The van der Waals surface area contributed by atoms with Gasteiger partial charge < -0.3 is 15.0 Å². The molecule has 0 saturated carbocycles. The second-order valence-corrected chi connectivity index (χ2v) is 6.49. The van der Waals surface area contributed by atoms with Crippen LogP contribution in [-0.2, 0) is 4.79 Å². The first-order valence-corrected chi connectivity index (χ1v) is 9.29. The Hall–Kier alpha value is -3.64. The summed E-state index contributed by atoms with van der Waals surface area (Å²) in [7, 11) is 0. The van der Waals surface area contributed by atoms with Crippen molar-refractivity contribution in [3.05, 3.63) is 78.4 Å². The number of carbonyl (C=O) groups excluding carboxylic acids is 2. The van der Waals surface area contributed by atoms with Crippen LogP contribution in [0.4, 0.5) is 5.69 Å². The second-order valence-electron chi connectivity index (χ2n) is 6.49. The lowest BCUT2D eigenvalue weighted by atomic mass is 10.1. The molecule has 4 rings (SSSR count). The highest BCUT2D eigenvalue weighted by Crippen LogP contribution is 2.22. The van der Waals surface area contributed by atoms with Gasteiger partial charge in [-0.25, -0.2) is 4.98 Å². The van der Waals surface area contributed by atoms with E-state index in [1.807, 2.05) is 48.5 Å². The lowest BCUT2D eigenvalue weighted by Crippen LogP contribution is -2.12. The number of amides is 1. The molecule has 0 aliphatic carbocycles. The monoisotopic (exact) mass is 421 g/mol. The SMILES string of the molecule is CCC(=O)Oc1cccc(C(=O)Nc2ccc(-c3nc4ccccc4[nH]3)cc2)c1.Cl. The number of nitrogens with one attached hydrogen (secondary N) is 2. The van der Waals surface area contributed by atoms with Gasteiger partial charge in [-0.05, 0) is 54.6 Å². The smallest absolute Gasteiger partial charge is 0.310 e. The van der Waals surface area contributed by atoms with Crippen molar-refractivity contribution in [3.8, 4) is 17.1 Å². The molecular formula is C23H20ClN3O3. The summed E-state index contributed by atoms with van der Waals surface area (Å²) in [5, 5.41) is 2.85. The molecule has 30 heavy (non-hydrogen) atoms. The number of hydrogen-bond acceptors (Lipinski definition) is 4. The molecule has 0 aliphatic rings. The zero-order valence-electron chi connectivity index (χ0n) is 16.2. The molecule has 0 atom stereocenters. The van der Waals surface area contributed by atoms with Gasteiger partial charge >= 0.3 is 5.97 Å². The summed E-state index contributed by atoms with van der Waals surface area (Å²) in [6, 6.07) is 21.8. The molecular weight excluding hydrogens is 402 g/mol. The van der Waals surface area contributed by atoms with Crippen molar-refractivity contribution >= 4 is 41.0 Å². The van der Waals surface area contributed by atoms with Crippen LogP contribution in [0.5, 0.6) is 5.75 Å². The molecule has 4 aromatic rings. The van der Waals surface area contributed by atoms with Gasteiger partial charge in [-0.15, -0.1) is 12.4 Å². The Balaban J connectivity index is 0.00000256. The highest BCUT2D eigenvalue weighted by atomic mass is 35.5. The molecule has 6 nitrogen and oxygen atoms in total. The maximum atomic E-state index is 12.5. The third-order valence-electron chi connectivity index (χ3n) is 4.42. The summed E-state index contributed by atoms with van der Waals surface area (Å²) in [6.07, 6.45) is 0.272. The average molecular weight is 422 g/mol. The number of fused-ring (bicyclic) bond motifs is 1. The number of esters is 1. The van der Waals surface area contributed by atoms with Crippen molar-refractivity contribution in [2.75, 3.05) is 5.32 Å². The van der Waals surface area contributed by atoms with Crippen molar-refractivity contribution in [1.29, 1.82) is 0 Å². The van der Waals surface area contributed by atoms with Crippen LogP contribution in [0, 0.1) is 0 Å². The minimum absolute atomic E-state index is 0. The molecule has 7 heteroatoms. The van der Waals surface area contributed by atoms with E-state index < -0.39 is 0 Å². The maximum Gasteiger partial charge on any atom is 0.310 e. The highest BCUT2D eigenvalue weighted by Gasteiger charge is 2.10. The van der Waals surface area contributed by atoms with Crippen LogP contribution in [0.25, 0.3) is 22.4 Å². The summed E-state index contributed by atoms with van der Waals surface area (Å²) in [6.45, 7) is 1.72. The third-order valence-corrected chi connectivity index (χ3v) is 4.42. The van der Waals surface area contributed by atoms with Crippen molar-refractivity contribution in [2.45, 2.75) is 13.3 Å². The second kappa shape index (κ2) is 9.24. The number of anilines is 1.